The standard InChI is InChI=1S/C22H30N2O3/c1-17-7-5-6-8-19(17)16-24-11-9-23(10-12-24)15-18-13-20(25-2)22(27-4)21(14-18)26-3/h5-8,13-14H,9-12,15-16H2,1-4H3/p+2. The van der Waals surface area contributed by atoms with Crippen LogP contribution in [0.4, 0.5) is 0 Å². The van der Waals surface area contributed by atoms with Crippen molar-refractivity contribution in [2.24, 2.45) is 0 Å². The van der Waals surface area contributed by atoms with E-state index >= 15 is 0 Å². The zero-order valence-corrected chi connectivity index (χ0v) is 16.9. The van der Waals surface area contributed by atoms with Crippen molar-refractivity contribution in [2.75, 3.05) is 47.5 Å². The normalized spacial score (nSPS) is 19.6. The Hall–Kier alpha value is -2.24. The van der Waals surface area contributed by atoms with E-state index < -0.39 is 0 Å². The van der Waals surface area contributed by atoms with E-state index in [-0.39, 0.29) is 0 Å². The van der Waals surface area contributed by atoms with Crippen molar-refractivity contribution < 1.29 is 24.0 Å². The molecule has 1 fully saturated rings. The molecule has 146 valence electrons. The minimum absolute atomic E-state index is 0.659. The predicted molar refractivity (Wildman–Crippen MR) is 106 cm³/mol. The van der Waals surface area contributed by atoms with Crippen molar-refractivity contribution in [2.45, 2.75) is 20.0 Å². The number of methoxy groups -OCH3 is 3. The van der Waals surface area contributed by atoms with E-state index in [9.17, 15) is 0 Å². The van der Waals surface area contributed by atoms with Gasteiger partial charge in [-0.2, -0.15) is 0 Å². The zero-order valence-electron chi connectivity index (χ0n) is 16.9. The molecule has 2 N–H and O–H groups in total. The van der Waals surface area contributed by atoms with Crippen LogP contribution >= 0.6 is 0 Å². The molecule has 0 saturated carbocycles. The Bertz CT molecular complexity index is 730. The smallest absolute Gasteiger partial charge is 0.203 e. The number of hydrogen-bond donors (Lipinski definition) is 2. The summed E-state index contributed by atoms with van der Waals surface area (Å²) in [7, 11) is 4.98. The molecule has 2 aromatic carbocycles. The maximum atomic E-state index is 5.48. The second-order valence-corrected chi connectivity index (χ2v) is 7.31. The maximum Gasteiger partial charge on any atom is 0.203 e. The first-order valence-electron chi connectivity index (χ1n) is 9.65. The average Bonchev–Trinajstić information content (AvgIpc) is 2.70. The Balaban J connectivity index is 1.60. The third kappa shape index (κ3) is 4.73. The highest BCUT2D eigenvalue weighted by Gasteiger charge is 2.24. The summed E-state index contributed by atoms with van der Waals surface area (Å²) in [6.45, 7) is 9.08. The van der Waals surface area contributed by atoms with E-state index in [1.165, 1.54) is 42.9 Å². The molecule has 5 heteroatoms. The molecule has 1 aliphatic heterocycles. The molecule has 0 bridgehead atoms. The number of nitrogens with one attached hydrogen (secondary N) is 2. The Morgan fingerprint density at radius 2 is 1.33 bits per heavy atom. The number of hydrogen-bond acceptors (Lipinski definition) is 3. The van der Waals surface area contributed by atoms with Crippen molar-refractivity contribution in [3.63, 3.8) is 0 Å². The fourth-order valence-electron chi connectivity index (χ4n) is 3.91. The molecule has 5 nitrogen and oxygen atoms in total. The largest absolute Gasteiger partial charge is 0.493 e. The van der Waals surface area contributed by atoms with Crippen molar-refractivity contribution in [1.29, 1.82) is 0 Å². The monoisotopic (exact) mass is 372 g/mol. The quantitative estimate of drug-likeness (QED) is 0.743. The Morgan fingerprint density at radius 3 is 1.85 bits per heavy atom. The summed E-state index contributed by atoms with van der Waals surface area (Å²) in [5, 5.41) is 0. The highest BCUT2D eigenvalue weighted by molar-refractivity contribution is 5.53. The molecule has 1 saturated heterocycles. The number of aryl methyl sites for hydroxylation is 1. The lowest BCUT2D eigenvalue weighted by Gasteiger charge is -2.30. The van der Waals surface area contributed by atoms with E-state index in [4.69, 9.17) is 14.2 Å². The molecule has 0 atom stereocenters. The van der Waals surface area contributed by atoms with Crippen LogP contribution in [0.3, 0.4) is 0 Å². The van der Waals surface area contributed by atoms with Gasteiger partial charge in [-0.3, -0.25) is 0 Å². The van der Waals surface area contributed by atoms with Gasteiger partial charge in [0.25, 0.3) is 0 Å². The minimum atomic E-state index is 0.659. The van der Waals surface area contributed by atoms with Crippen LogP contribution in [0.1, 0.15) is 16.7 Å². The van der Waals surface area contributed by atoms with Crippen LogP contribution in [0.2, 0.25) is 0 Å². The first-order valence-corrected chi connectivity index (χ1v) is 9.65. The second-order valence-electron chi connectivity index (χ2n) is 7.31. The van der Waals surface area contributed by atoms with Gasteiger partial charge >= 0.3 is 0 Å². The molecule has 2 aromatic rings. The Morgan fingerprint density at radius 1 is 0.778 bits per heavy atom. The van der Waals surface area contributed by atoms with Crippen LogP contribution < -0.4 is 24.0 Å². The summed E-state index contributed by atoms with van der Waals surface area (Å²) in [4.78, 5) is 3.29. The molecule has 1 aliphatic rings. The fraction of sp³-hybridized carbons (Fsp3) is 0.455. The lowest BCUT2D eigenvalue weighted by Crippen LogP contribution is -3.27. The summed E-state index contributed by atoms with van der Waals surface area (Å²) < 4.78 is 16.4. The summed E-state index contributed by atoms with van der Waals surface area (Å²) >= 11 is 0. The first kappa shape index (κ1) is 19.5. The topological polar surface area (TPSA) is 36.6 Å². The van der Waals surface area contributed by atoms with Gasteiger partial charge < -0.3 is 24.0 Å². The first-order chi connectivity index (χ1) is 13.1. The maximum absolute atomic E-state index is 5.48. The Labute approximate surface area is 162 Å². The number of quaternary nitrogens is 2. The molecule has 0 unspecified atom stereocenters. The number of rotatable bonds is 7. The van der Waals surface area contributed by atoms with Crippen molar-refractivity contribution >= 4 is 0 Å². The van der Waals surface area contributed by atoms with E-state index in [2.05, 4.69) is 43.3 Å². The molecule has 0 spiro atoms. The Kier molecular flexibility index (Phi) is 6.58. The molecule has 27 heavy (non-hydrogen) atoms. The molecule has 0 aliphatic carbocycles. The zero-order chi connectivity index (χ0) is 19.2. The van der Waals surface area contributed by atoms with Crippen molar-refractivity contribution in [3.8, 4) is 17.2 Å². The van der Waals surface area contributed by atoms with Crippen LogP contribution in [0.25, 0.3) is 0 Å². The summed E-state index contributed by atoms with van der Waals surface area (Å²) in [6, 6.07) is 12.9. The van der Waals surface area contributed by atoms with Gasteiger partial charge in [-0.05, 0) is 24.6 Å². The van der Waals surface area contributed by atoms with Gasteiger partial charge in [0.05, 0.1) is 21.3 Å². The van der Waals surface area contributed by atoms with Crippen molar-refractivity contribution in [3.05, 3.63) is 53.1 Å². The van der Waals surface area contributed by atoms with Gasteiger partial charge in [-0.1, -0.05) is 24.3 Å². The van der Waals surface area contributed by atoms with Crippen LogP contribution in [0.5, 0.6) is 17.2 Å². The molecular weight excluding hydrogens is 340 g/mol. The predicted octanol–water partition coefficient (Wildman–Crippen LogP) is 0.504. The van der Waals surface area contributed by atoms with Gasteiger partial charge in [0.15, 0.2) is 11.5 Å². The second kappa shape index (κ2) is 9.11. The highest BCUT2D eigenvalue weighted by Crippen LogP contribution is 2.37. The van der Waals surface area contributed by atoms with Gasteiger partial charge in [0.2, 0.25) is 5.75 Å². The molecular formula is C22H32N2O3+2. The van der Waals surface area contributed by atoms with Crippen LogP contribution in [0, 0.1) is 6.92 Å². The molecule has 3 rings (SSSR count). The third-order valence-corrected chi connectivity index (χ3v) is 5.54. The third-order valence-electron chi connectivity index (χ3n) is 5.54. The van der Waals surface area contributed by atoms with Gasteiger partial charge in [0, 0.05) is 11.1 Å². The molecule has 0 aromatic heterocycles. The minimum Gasteiger partial charge on any atom is -0.493 e. The van der Waals surface area contributed by atoms with Gasteiger partial charge in [-0.15, -0.1) is 0 Å². The van der Waals surface area contributed by atoms with Crippen LogP contribution in [0.15, 0.2) is 36.4 Å². The van der Waals surface area contributed by atoms with E-state index in [0.717, 1.165) is 24.6 Å². The van der Waals surface area contributed by atoms with E-state index in [1.54, 1.807) is 31.1 Å². The highest BCUT2D eigenvalue weighted by atomic mass is 16.5. The van der Waals surface area contributed by atoms with Gasteiger partial charge in [0.1, 0.15) is 39.3 Å². The SMILES string of the molecule is COc1cc(C[NH+]2CC[NH+](Cc3ccccc3C)CC2)cc(OC)c1OC. The number of benzene rings is 2. The van der Waals surface area contributed by atoms with Crippen molar-refractivity contribution in [1.82, 2.24) is 0 Å². The van der Waals surface area contributed by atoms with Crippen LogP contribution in [-0.4, -0.2) is 47.5 Å². The molecule has 0 radical (unpaired) electrons. The lowest BCUT2D eigenvalue weighted by atomic mass is 10.1. The van der Waals surface area contributed by atoms with Gasteiger partial charge in [-0.25, -0.2) is 0 Å². The number of ether oxygens (including phenoxy) is 3. The number of piperazine rings is 1. The summed E-state index contributed by atoms with van der Waals surface area (Å²) in [5.41, 5.74) is 4.10. The molecule has 0 amide bonds. The molecule has 1 heterocycles. The lowest BCUT2D eigenvalue weighted by molar-refractivity contribution is -1.02. The summed E-state index contributed by atoms with van der Waals surface area (Å²) in [5.74, 6) is 2.12. The van der Waals surface area contributed by atoms with E-state index in [0.29, 0.717) is 5.75 Å². The van der Waals surface area contributed by atoms with Crippen LogP contribution in [-0.2, 0) is 13.1 Å². The fourth-order valence-corrected chi connectivity index (χ4v) is 3.91. The average molecular weight is 373 g/mol. The summed E-state index contributed by atoms with van der Waals surface area (Å²) in [6.07, 6.45) is 0. The van der Waals surface area contributed by atoms with E-state index in [1.807, 2.05) is 0 Å².